The van der Waals surface area contributed by atoms with Crippen LogP contribution in [0, 0.1) is 0 Å². The van der Waals surface area contributed by atoms with Crippen LogP contribution in [0.5, 0.6) is 0 Å². The highest BCUT2D eigenvalue weighted by atomic mass is 35.5. The van der Waals surface area contributed by atoms with Gasteiger partial charge in [-0.15, -0.1) is 11.3 Å². The zero-order valence-electron chi connectivity index (χ0n) is 13.3. The summed E-state index contributed by atoms with van der Waals surface area (Å²) in [6.45, 7) is 0.711. The predicted molar refractivity (Wildman–Crippen MR) is 94.0 cm³/mol. The maximum atomic E-state index is 12.5. The number of ether oxygens (including phenoxy) is 1. The average molecular weight is 381 g/mol. The summed E-state index contributed by atoms with van der Waals surface area (Å²) >= 11 is 7.25. The van der Waals surface area contributed by atoms with E-state index in [1.165, 1.54) is 11.3 Å². The Kier molecular flexibility index (Phi) is 5.67. The number of carboxylic acids is 1. The summed E-state index contributed by atoms with van der Waals surface area (Å²) in [5, 5.41) is 14.9. The van der Waals surface area contributed by atoms with E-state index in [0.29, 0.717) is 17.2 Å². The van der Waals surface area contributed by atoms with Crippen molar-refractivity contribution in [3.8, 4) is 0 Å². The first-order valence-electron chi connectivity index (χ1n) is 7.88. The molecule has 1 aliphatic heterocycles. The molecule has 0 aliphatic carbocycles. The summed E-state index contributed by atoms with van der Waals surface area (Å²) in [7, 11) is 0. The van der Waals surface area contributed by atoms with Gasteiger partial charge in [-0.25, -0.2) is 4.98 Å². The van der Waals surface area contributed by atoms with E-state index in [9.17, 15) is 9.59 Å². The number of nitrogens with one attached hydrogen (secondary N) is 1. The van der Waals surface area contributed by atoms with Crippen LogP contribution in [0.2, 0.25) is 5.02 Å². The minimum absolute atomic E-state index is 0.0439. The van der Waals surface area contributed by atoms with Crippen molar-refractivity contribution in [3.05, 3.63) is 50.9 Å². The highest BCUT2D eigenvalue weighted by Gasteiger charge is 2.24. The van der Waals surface area contributed by atoms with Crippen LogP contribution < -0.4 is 5.32 Å². The Balaban J connectivity index is 1.73. The van der Waals surface area contributed by atoms with Crippen molar-refractivity contribution in [3.63, 3.8) is 0 Å². The maximum absolute atomic E-state index is 12.5. The molecule has 0 spiro atoms. The molecule has 8 heteroatoms. The Morgan fingerprint density at radius 3 is 2.80 bits per heavy atom. The highest BCUT2D eigenvalue weighted by Crippen LogP contribution is 2.30. The number of halogens is 1. The Hall–Kier alpha value is -1.96. The van der Waals surface area contributed by atoms with Crippen LogP contribution in [0.1, 0.15) is 52.5 Å². The molecule has 0 saturated carbocycles. The van der Waals surface area contributed by atoms with Gasteiger partial charge in [-0.1, -0.05) is 23.7 Å². The first-order chi connectivity index (χ1) is 12.0. The third-order valence-electron chi connectivity index (χ3n) is 3.92. The summed E-state index contributed by atoms with van der Waals surface area (Å²) in [4.78, 5) is 28.0. The lowest BCUT2D eigenvalue weighted by Crippen LogP contribution is -2.30. The molecule has 6 nitrogen and oxygen atoms in total. The fourth-order valence-electron chi connectivity index (χ4n) is 2.67. The number of carbonyl (C=O) groups is 2. The largest absolute Gasteiger partial charge is 0.481 e. The minimum atomic E-state index is -1.00. The molecule has 1 fully saturated rings. The van der Waals surface area contributed by atoms with Gasteiger partial charge in [0.05, 0.1) is 12.5 Å². The average Bonchev–Trinajstić information content (AvgIpc) is 3.26. The van der Waals surface area contributed by atoms with Gasteiger partial charge >= 0.3 is 5.97 Å². The quantitative estimate of drug-likeness (QED) is 0.799. The number of thiazole rings is 1. The van der Waals surface area contributed by atoms with Gasteiger partial charge in [-0.3, -0.25) is 9.59 Å². The lowest BCUT2D eigenvalue weighted by Gasteiger charge is -2.17. The second kappa shape index (κ2) is 7.95. The summed E-state index contributed by atoms with van der Waals surface area (Å²) in [6, 6.07) is 6.08. The normalized spacial score (nSPS) is 18.0. The number of carboxylic acid groups (broad SMARTS) is 1. The summed E-state index contributed by atoms with van der Waals surface area (Å²) in [5.41, 5.74) is 0.953. The van der Waals surface area contributed by atoms with E-state index in [2.05, 4.69) is 10.3 Å². The molecule has 2 heterocycles. The predicted octanol–water partition coefficient (Wildman–Crippen LogP) is 3.59. The van der Waals surface area contributed by atoms with Crippen molar-refractivity contribution < 1.29 is 19.4 Å². The first-order valence-corrected chi connectivity index (χ1v) is 9.14. The zero-order valence-corrected chi connectivity index (χ0v) is 14.8. The fraction of sp³-hybridized carbons (Fsp3) is 0.353. The van der Waals surface area contributed by atoms with Crippen LogP contribution >= 0.6 is 22.9 Å². The van der Waals surface area contributed by atoms with Crippen molar-refractivity contribution in [1.82, 2.24) is 10.3 Å². The van der Waals surface area contributed by atoms with Gasteiger partial charge in [-0.05, 0) is 30.5 Å². The van der Waals surface area contributed by atoms with Gasteiger partial charge < -0.3 is 15.2 Å². The van der Waals surface area contributed by atoms with Crippen molar-refractivity contribution in [2.24, 2.45) is 0 Å². The van der Waals surface area contributed by atoms with Gasteiger partial charge in [0.1, 0.15) is 16.8 Å². The van der Waals surface area contributed by atoms with Crippen molar-refractivity contribution in [1.29, 1.82) is 0 Å². The molecular formula is C17H17ClN2O4S. The molecule has 25 heavy (non-hydrogen) atoms. The number of rotatable bonds is 6. The van der Waals surface area contributed by atoms with Gasteiger partial charge in [0, 0.05) is 17.0 Å². The lowest BCUT2D eigenvalue weighted by atomic mass is 10.0. The van der Waals surface area contributed by atoms with Crippen molar-refractivity contribution in [2.45, 2.75) is 31.4 Å². The van der Waals surface area contributed by atoms with E-state index in [4.69, 9.17) is 21.4 Å². The number of aromatic nitrogens is 1. The first kappa shape index (κ1) is 17.8. The van der Waals surface area contributed by atoms with Crippen molar-refractivity contribution >= 4 is 34.8 Å². The van der Waals surface area contributed by atoms with Gasteiger partial charge in [0.25, 0.3) is 5.91 Å². The summed E-state index contributed by atoms with van der Waals surface area (Å²) in [6.07, 6.45) is 1.62. The van der Waals surface area contributed by atoms with E-state index in [0.717, 1.165) is 17.8 Å². The smallest absolute Gasteiger partial charge is 0.305 e. The SMILES string of the molecule is O=C(O)C[C@H](NC(=O)c1csc(C2CCCO2)n1)c1ccc(Cl)cc1. The molecule has 1 aliphatic rings. The molecule has 1 amide bonds. The second-order valence-electron chi connectivity index (χ2n) is 5.75. The molecule has 2 N–H and O–H groups in total. The molecule has 2 aromatic rings. The second-order valence-corrected chi connectivity index (χ2v) is 7.07. The number of hydrogen-bond acceptors (Lipinski definition) is 5. The van der Waals surface area contributed by atoms with Crippen LogP contribution in [0.15, 0.2) is 29.6 Å². The monoisotopic (exact) mass is 380 g/mol. The molecule has 1 unspecified atom stereocenters. The zero-order chi connectivity index (χ0) is 17.8. The Morgan fingerprint density at radius 2 is 2.16 bits per heavy atom. The van der Waals surface area contributed by atoms with Crippen LogP contribution in [-0.4, -0.2) is 28.6 Å². The van der Waals surface area contributed by atoms with E-state index in [-0.39, 0.29) is 18.2 Å². The van der Waals surface area contributed by atoms with Crippen LogP contribution in [0.4, 0.5) is 0 Å². The van der Waals surface area contributed by atoms with Gasteiger partial charge in [0.15, 0.2) is 0 Å². The van der Waals surface area contributed by atoms with E-state index < -0.39 is 17.9 Å². The Morgan fingerprint density at radius 1 is 1.40 bits per heavy atom. The standard InChI is InChI=1S/C17H17ClN2O4S/c18-11-5-3-10(4-6-11)12(8-15(21)22)19-16(23)13-9-25-17(20-13)14-2-1-7-24-14/h3-6,9,12,14H,1-2,7-8H2,(H,19,23)(H,21,22)/t12-,14?/m0/s1. The summed E-state index contributed by atoms with van der Waals surface area (Å²) < 4.78 is 5.57. The minimum Gasteiger partial charge on any atom is -0.481 e. The van der Waals surface area contributed by atoms with Crippen molar-refractivity contribution in [2.75, 3.05) is 6.61 Å². The Bertz CT molecular complexity index is 756. The molecule has 2 atom stereocenters. The molecule has 1 saturated heterocycles. The van der Waals surface area contributed by atoms with Crippen LogP contribution in [0.3, 0.4) is 0 Å². The molecule has 1 aromatic heterocycles. The number of carbonyl (C=O) groups excluding carboxylic acids is 1. The van der Waals surface area contributed by atoms with E-state index in [1.54, 1.807) is 29.6 Å². The number of amides is 1. The molecule has 3 rings (SSSR count). The highest BCUT2D eigenvalue weighted by molar-refractivity contribution is 7.09. The number of hydrogen-bond donors (Lipinski definition) is 2. The van der Waals surface area contributed by atoms with E-state index >= 15 is 0 Å². The van der Waals surface area contributed by atoms with Gasteiger partial charge in [-0.2, -0.15) is 0 Å². The topological polar surface area (TPSA) is 88.5 Å². The van der Waals surface area contributed by atoms with Crippen LogP contribution in [0.25, 0.3) is 0 Å². The fourth-order valence-corrected chi connectivity index (χ4v) is 3.67. The maximum Gasteiger partial charge on any atom is 0.305 e. The third kappa shape index (κ3) is 4.56. The van der Waals surface area contributed by atoms with Crippen LogP contribution in [-0.2, 0) is 9.53 Å². The molecular weight excluding hydrogens is 364 g/mol. The molecule has 0 bridgehead atoms. The Labute approximate surface area is 153 Å². The number of aliphatic carboxylic acids is 1. The summed E-state index contributed by atoms with van der Waals surface area (Å²) in [5.74, 6) is -1.40. The molecule has 0 radical (unpaired) electrons. The van der Waals surface area contributed by atoms with E-state index in [1.807, 2.05) is 0 Å². The number of benzene rings is 1. The number of nitrogens with zero attached hydrogens (tertiary/aromatic N) is 1. The molecule has 132 valence electrons. The molecule has 1 aromatic carbocycles. The third-order valence-corrected chi connectivity index (χ3v) is 5.10. The van der Waals surface area contributed by atoms with Gasteiger partial charge in [0.2, 0.25) is 0 Å². The lowest BCUT2D eigenvalue weighted by molar-refractivity contribution is -0.137.